The first-order chi connectivity index (χ1) is 14.2. The zero-order valence-corrected chi connectivity index (χ0v) is 15.2. The van der Waals surface area contributed by atoms with Crippen LogP contribution in [0, 0.1) is 5.82 Å². The zero-order valence-electron chi connectivity index (χ0n) is 15.2. The Labute approximate surface area is 165 Å². The number of allylic oxidation sites excluding steroid dienone is 1. The van der Waals surface area contributed by atoms with E-state index < -0.39 is 0 Å². The van der Waals surface area contributed by atoms with E-state index in [1.807, 2.05) is 6.07 Å². The summed E-state index contributed by atoms with van der Waals surface area (Å²) in [6.45, 7) is 0.269. The van der Waals surface area contributed by atoms with Gasteiger partial charge in [0.25, 0.3) is 0 Å². The molecular formula is C23H15FO5. The number of fused-ring (bicyclic) bond motifs is 2. The molecule has 0 saturated carbocycles. The third-order valence-electron chi connectivity index (χ3n) is 4.69. The first-order valence-electron chi connectivity index (χ1n) is 9.01. The molecule has 144 valence electrons. The molecular weight excluding hydrogens is 375 g/mol. The number of halogens is 1. The van der Waals surface area contributed by atoms with Crippen LogP contribution in [0.15, 0.2) is 66.4 Å². The molecule has 2 aliphatic rings. The number of benzene rings is 3. The van der Waals surface area contributed by atoms with Crippen molar-refractivity contribution in [3.05, 3.63) is 88.9 Å². The van der Waals surface area contributed by atoms with Crippen molar-refractivity contribution < 1.29 is 28.1 Å². The van der Waals surface area contributed by atoms with E-state index in [0.29, 0.717) is 34.1 Å². The molecule has 0 saturated heterocycles. The molecule has 0 aromatic heterocycles. The van der Waals surface area contributed by atoms with Crippen LogP contribution >= 0.6 is 0 Å². The molecule has 3 aromatic rings. The summed E-state index contributed by atoms with van der Waals surface area (Å²) in [5.41, 5.74) is 1.67. The molecule has 0 spiro atoms. The predicted octanol–water partition coefficient (Wildman–Crippen LogP) is 4.75. The molecule has 2 aliphatic heterocycles. The van der Waals surface area contributed by atoms with Crippen molar-refractivity contribution in [1.29, 1.82) is 0 Å². The second-order valence-electron chi connectivity index (χ2n) is 6.59. The fraction of sp³-hybridized carbons (Fsp3) is 0.0870. The minimum Gasteiger partial charge on any atom is -0.489 e. The Balaban J connectivity index is 1.35. The summed E-state index contributed by atoms with van der Waals surface area (Å²) in [5.74, 6) is 1.88. The van der Waals surface area contributed by atoms with E-state index in [1.165, 1.54) is 6.07 Å². The first kappa shape index (κ1) is 17.3. The van der Waals surface area contributed by atoms with E-state index in [4.69, 9.17) is 18.9 Å². The molecule has 0 aliphatic carbocycles. The highest BCUT2D eigenvalue weighted by atomic mass is 19.1. The molecule has 0 radical (unpaired) electrons. The number of hydrogen-bond acceptors (Lipinski definition) is 5. The van der Waals surface area contributed by atoms with Crippen LogP contribution in [0.2, 0.25) is 0 Å². The highest BCUT2D eigenvalue weighted by Gasteiger charge is 2.28. The fourth-order valence-corrected chi connectivity index (χ4v) is 3.19. The van der Waals surface area contributed by atoms with E-state index in [2.05, 4.69) is 0 Å². The summed E-state index contributed by atoms with van der Waals surface area (Å²) < 4.78 is 35.8. The van der Waals surface area contributed by atoms with Gasteiger partial charge in [-0.15, -0.1) is 0 Å². The molecule has 29 heavy (non-hydrogen) atoms. The van der Waals surface area contributed by atoms with Crippen molar-refractivity contribution >= 4 is 11.9 Å². The lowest BCUT2D eigenvalue weighted by molar-refractivity contribution is 0.101. The van der Waals surface area contributed by atoms with Crippen molar-refractivity contribution in [1.82, 2.24) is 0 Å². The number of ether oxygens (including phenoxy) is 4. The van der Waals surface area contributed by atoms with Gasteiger partial charge in [-0.2, -0.15) is 0 Å². The molecule has 5 nitrogen and oxygen atoms in total. The van der Waals surface area contributed by atoms with Crippen LogP contribution in [-0.2, 0) is 6.61 Å². The average Bonchev–Trinajstić information content (AvgIpc) is 3.31. The van der Waals surface area contributed by atoms with E-state index in [1.54, 1.807) is 54.6 Å². The van der Waals surface area contributed by atoms with Crippen LogP contribution in [0.4, 0.5) is 4.39 Å². The predicted molar refractivity (Wildman–Crippen MR) is 103 cm³/mol. The lowest BCUT2D eigenvalue weighted by Gasteiger charge is -2.08. The van der Waals surface area contributed by atoms with Crippen molar-refractivity contribution in [2.45, 2.75) is 6.61 Å². The standard InChI is InChI=1S/C23H15FO5/c24-18-4-2-1-3-15(18)12-26-16-6-7-17-20(11-16)29-22(23(17)25)10-14-5-8-19-21(9-14)28-13-27-19/h1-11H,12-13H2. The number of rotatable bonds is 4. The van der Waals surface area contributed by atoms with Crippen LogP contribution < -0.4 is 18.9 Å². The van der Waals surface area contributed by atoms with Crippen LogP contribution in [0.5, 0.6) is 23.0 Å². The van der Waals surface area contributed by atoms with Crippen molar-refractivity contribution in [2.24, 2.45) is 0 Å². The van der Waals surface area contributed by atoms with Gasteiger partial charge in [0, 0.05) is 11.6 Å². The first-order valence-corrected chi connectivity index (χ1v) is 9.01. The number of Topliss-reactive ketones (excluding diaryl/α,β-unsaturated/α-hetero) is 1. The Morgan fingerprint density at radius 2 is 1.83 bits per heavy atom. The molecule has 0 amide bonds. The lowest BCUT2D eigenvalue weighted by Crippen LogP contribution is -1.98. The highest BCUT2D eigenvalue weighted by Crippen LogP contribution is 2.37. The third kappa shape index (κ3) is 3.29. The molecule has 6 heteroatoms. The van der Waals surface area contributed by atoms with Gasteiger partial charge in [0.15, 0.2) is 17.3 Å². The SMILES string of the molecule is O=C1C(=Cc2ccc3c(c2)OCO3)Oc2cc(OCc3ccccc3F)ccc21. The summed E-state index contributed by atoms with van der Waals surface area (Å²) >= 11 is 0. The normalized spacial score (nSPS) is 15.3. The van der Waals surface area contributed by atoms with Crippen LogP contribution in [0.1, 0.15) is 21.5 Å². The van der Waals surface area contributed by atoms with Gasteiger partial charge < -0.3 is 18.9 Å². The third-order valence-corrected chi connectivity index (χ3v) is 4.69. The van der Waals surface area contributed by atoms with Crippen LogP contribution in [0.25, 0.3) is 6.08 Å². The average molecular weight is 390 g/mol. The molecule has 0 bridgehead atoms. The number of hydrogen-bond donors (Lipinski definition) is 0. The maximum atomic E-state index is 13.7. The molecule has 2 heterocycles. The summed E-state index contributed by atoms with van der Waals surface area (Å²) in [5, 5.41) is 0. The minimum absolute atomic E-state index is 0.0826. The van der Waals surface area contributed by atoms with Gasteiger partial charge in [-0.25, -0.2) is 4.39 Å². The van der Waals surface area contributed by atoms with Crippen LogP contribution in [-0.4, -0.2) is 12.6 Å². The van der Waals surface area contributed by atoms with Gasteiger partial charge in [-0.3, -0.25) is 4.79 Å². The molecule has 5 rings (SSSR count). The molecule has 0 unspecified atom stereocenters. The Morgan fingerprint density at radius 1 is 0.966 bits per heavy atom. The maximum absolute atomic E-state index is 13.7. The lowest BCUT2D eigenvalue weighted by atomic mass is 10.1. The number of carbonyl (C=O) groups excluding carboxylic acids is 1. The molecule has 0 atom stereocenters. The van der Waals surface area contributed by atoms with E-state index in [0.717, 1.165) is 5.56 Å². The second-order valence-corrected chi connectivity index (χ2v) is 6.59. The minimum atomic E-state index is -0.325. The van der Waals surface area contributed by atoms with Gasteiger partial charge in [-0.05, 0) is 42.0 Å². The van der Waals surface area contributed by atoms with Crippen molar-refractivity contribution in [2.75, 3.05) is 6.79 Å². The maximum Gasteiger partial charge on any atom is 0.231 e. The molecule has 3 aromatic carbocycles. The Kier molecular flexibility index (Phi) is 4.17. The van der Waals surface area contributed by atoms with Crippen LogP contribution in [0.3, 0.4) is 0 Å². The molecule has 0 N–H and O–H groups in total. The van der Waals surface area contributed by atoms with E-state index >= 15 is 0 Å². The highest BCUT2D eigenvalue weighted by molar-refractivity contribution is 6.14. The number of carbonyl (C=O) groups is 1. The Bertz CT molecular complexity index is 1150. The summed E-state index contributed by atoms with van der Waals surface area (Å²) in [6, 6.07) is 16.8. The largest absolute Gasteiger partial charge is 0.489 e. The Morgan fingerprint density at radius 3 is 2.72 bits per heavy atom. The fourth-order valence-electron chi connectivity index (χ4n) is 3.19. The second kappa shape index (κ2) is 6.98. The van der Waals surface area contributed by atoms with Gasteiger partial charge in [0.2, 0.25) is 12.6 Å². The van der Waals surface area contributed by atoms with Gasteiger partial charge in [0.05, 0.1) is 5.56 Å². The van der Waals surface area contributed by atoms with E-state index in [9.17, 15) is 9.18 Å². The zero-order chi connectivity index (χ0) is 19.8. The van der Waals surface area contributed by atoms with Crippen molar-refractivity contribution in [3.63, 3.8) is 0 Å². The quantitative estimate of drug-likeness (QED) is 0.602. The topological polar surface area (TPSA) is 54.0 Å². The summed E-state index contributed by atoms with van der Waals surface area (Å²) in [4.78, 5) is 12.6. The molecule has 0 fully saturated rings. The Hall–Kier alpha value is -3.80. The van der Waals surface area contributed by atoms with Gasteiger partial charge in [-0.1, -0.05) is 24.3 Å². The smallest absolute Gasteiger partial charge is 0.231 e. The van der Waals surface area contributed by atoms with E-state index in [-0.39, 0.29) is 30.8 Å². The van der Waals surface area contributed by atoms with Gasteiger partial charge >= 0.3 is 0 Å². The number of ketones is 1. The van der Waals surface area contributed by atoms with Crippen molar-refractivity contribution in [3.8, 4) is 23.0 Å². The van der Waals surface area contributed by atoms with Gasteiger partial charge in [0.1, 0.15) is 23.9 Å². The summed E-state index contributed by atoms with van der Waals surface area (Å²) in [6.07, 6.45) is 1.66. The summed E-state index contributed by atoms with van der Waals surface area (Å²) in [7, 11) is 0. The monoisotopic (exact) mass is 390 g/mol.